The number of amides is 2. The number of halogens is 1. The lowest BCUT2D eigenvalue weighted by atomic mass is 9.73. The van der Waals surface area contributed by atoms with Crippen molar-refractivity contribution < 1.29 is 18.7 Å². The van der Waals surface area contributed by atoms with Crippen LogP contribution in [-0.4, -0.2) is 92.1 Å². The van der Waals surface area contributed by atoms with Crippen LogP contribution in [0.2, 0.25) is 0 Å². The van der Waals surface area contributed by atoms with Gasteiger partial charge in [-0.15, -0.1) is 0 Å². The molecule has 1 spiro atoms. The van der Waals surface area contributed by atoms with Crippen LogP contribution in [0.1, 0.15) is 83.5 Å². The predicted octanol–water partition coefficient (Wildman–Crippen LogP) is 6.52. The van der Waals surface area contributed by atoms with Gasteiger partial charge < -0.3 is 24.4 Å². The Labute approximate surface area is 309 Å². The van der Waals surface area contributed by atoms with Gasteiger partial charge in [-0.05, 0) is 88.6 Å². The fourth-order valence-corrected chi connectivity index (χ4v) is 9.33. The van der Waals surface area contributed by atoms with Crippen LogP contribution in [0, 0.1) is 18.2 Å². The highest BCUT2D eigenvalue weighted by atomic mass is 19.1. The van der Waals surface area contributed by atoms with E-state index in [1.54, 1.807) is 12.4 Å². The number of nitrogens with zero attached hydrogens (tertiary/aromatic N) is 7. The van der Waals surface area contributed by atoms with Crippen LogP contribution in [0.15, 0.2) is 42.9 Å². The summed E-state index contributed by atoms with van der Waals surface area (Å²) in [5.41, 5.74) is 5.69. The van der Waals surface area contributed by atoms with Gasteiger partial charge in [0.15, 0.2) is 11.6 Å². The Morgan fingerprint density at radius 1 is 1.04 bits per heavy atom. The lowest BCUT2D eigenvalue weighted by Gasteiger charge is -2.47. The van der Waals surface area contributed by atoms with E-state index >= 15 is 4.39 Å². The van der Waals surface area contributed by atoms with Gasteiger partial charge in [-0.2, -0.15) is 0 Å². The van der Waals surface area contributed by atoms with E-state index in [-0.39, 0.29) is 30.0 Å². The number of pyridine rings is 2. The summed E-state index contributed by atoms with van der Waals surface area (Å²) in [5, 5.41) is 3.27. The van der Waals surface area contributed by atoms with Crippen LogP contribution in [0.4, 0.5) is 21.6 Å². The second-order valence-corrected chi connectivity index (χ2v) is 17.0. The molecular formula is C41H49FN8O3. The van der Waals surface area contributed by atoms with E-state index in [0.717, 1.165) is 60.2 Å². The summed E-state index contributed by atoms with van der Waals surface area (Å²) < 4.78 is 22.6. The average molecular weight is 721 g/mol. The molecule has 5 aliphatic rings. The van der Waals surface area contributed by atoms with Gasteiger partial charge in [0.25, 0.3) is 5.91 Å². The fourth-order valence-electron chi connectivity index (χ4n) is 9.33. The maximum atomic E-state index is 15.0. The Morgan fingerprint density at radius 3 is 2.49 bits per heavy atom. The standard InChI is InChI=1S/C41H49FN8O3/c1-24(2)49-23-44-33-20-31(45-37(36(33)49)46-32-16-25(3)43-21-30(32)42)26-6-7-29-34(17-26)50(28-18-27(19-28)48-12-9-40(4,5)22-48)39(52)41(29)10-13-47(14-11-41)38(51)35-8-15-53-35/h6-7,16-17,20-21,23-24,27-28,35H,8-15,18-19,22H2,1-5H3,(H,43,45,46)/t27-,28+,35?. The van der Waals surface area contributed by atoms with Crippen molar-refractivity contribution in [1.82, 2.24) is 29.3 Å². The monoisotopic (exact) mass is 720 g/mol. The number of hydrogen-bond donors (Lipinski definition) is 1. The molecule has 1 unspecified atom stereocenters. The molecule has 3 saturated heterocycles. The fraction of sp³-hybridized carbons (Fsp3) is 0.537. The number of anilines is 3. The summed E-state index contributed by atoms with van der Waals surface area (Å²) in [5.74, 6) is 0.243. The Morgan fingerprint density at radius 2 is 1.81 bits per heavy atom. The summed E-state index contributed by atoms with van der Waals surface area (Å²) in [6, 6.07) is 10.7. The quantitative estimate of drug-likeness (QED) is 0.230. The first-order valence-corrected chi connectivity index (χ1v) is 19.3. The Hall–Kier alpha value is -4.42. The van der Waals surface area contributed by atoms with Gasteiger partial charge in [0.1, 0.15) is 11.6 Å². The average Bonchev–Trinajstić information content (AvgIpc) is 3.75. The molecule has 4 aromatic rings. The van der Waals surface area contributed by atoms with Gasteiger partial charge >= 0.3 is 0 Å². The third-order valence-electron chi connectivity index (χ3n) is 12.6. The number of likely N-dealkylation sites (tertiary alicyclic amines) is 2. The molecule has 4 aliphatic heterocycles. The van der Waals surface area contributed by atoms with E-state index in [9.17, 15) is 9.59 Å². The van der Waals surface area contributed by atoms with Crippen molar-refractivity contribution >= 4 is 40.0 Å². The molecule has 9 rings (SSSR count). The minimum absolute atomic E-state index is 0.0481. The largest absolute Gasteiger partial charge is 0.368 e. The minimum Gasteiger partial charge on any atom is -0.368 e. The van der Waals surface area contributed by atoms with E-state index in [2.05, 4.69) is 66.0 Å². The number of piperidine rings is 1. The van der Waals surface area contributed by atoms with Gasteiger partial charge in [-0.3, -0.25) is 19.5 Å². The normalized spacial score (nSPS) is 24.9. The second-order valence-electron chi connectivity index (χ2n) is 17.0. The molecule has 1 aromatic carbocycles. The molecule has 1 aliphatic carbocycles. The first-order chi connectivity index (χ1) is 25.4. The van der Waals surface area contributed by atoms with Crippen molar-refractivity contribution in [1.29, 1.82) is 0 Å². The number of imidazole rings is 1. The zero-order valence-corrected chi connectivity index (χ0v) is 31.4. The molecule has 7 heterocycles. The number of fused-ring (bicyclic) bond motifs is 3. The maximum Gasteiger partial charge on any atom is 0.251 e. The van der Waals surface area contributed by atoms with Gasteiger partial charge in [0, 0.05) is 61.1 Å². The summed E-state index contributed by atoms with van der Waals surface area (Å²) in [6.45, 7) is 14.6. The highest BCUT2D eigenvalue weighted by Gasteiger charge is 2.56. The van der Waals surface area contributed by atoms with Crippen molar-refractivity contribution in [3.8, 4) is 11.3 Å². The first-order valence-electron chi connectivity index (χ1n) is 19.3. The second kappa shape index (κ2) is 12.6. The van der Waals surface area contributed by atoms with Crippen LogP contribution in [0.3, 0.4) is 0 Å². The van der Waals surface area contributed by atoms with E-state index in [4.69, 9.17) is 14.7 Å². The number of nitrogens with one attached hydrogen (secondary N) is 1. The summed E-state index contributed by atoms with van der Waals surface area (Å²) in [4.78, 5) is 48.6. The third-order valence-corrected chi connectivity index (χ3v) is 12.6. The molecule has 53 heavy (non-hydrogen) atoms. The van der Waals surface area contributed by atoms with E-state index in [1.165, 1.54) is 12.6 Å². The van der Waals surface area contributed by atoms with Crippen molar-refractivity contribution in [2.24, 2.45) is 5.41 Å². The van der Waals surface area contributed by atoms with E-state index in [0.29, 0.717) is 66.9 Å². The Bertz CT molecular complexity index is 2110. The molecule has 1 atom stereocenters. The van der Waals surface area contributed by atoms with Crippen molar-refractivity contribution in [2.75, 3.05) is 43.0 Å². The van der Waals surface area contributed by atoms with Crippen LogP contribution in [0.25, 0.3) is 22.3 Å². The maximum absolute atomic E-state index is 15.0. The number of benzene rings is 1. The smallest absolute Gasteiger partial charge is 0.251 e. The Kier molecular flexibility index (Phi) is 8.16. The summed E-state index contributed by atoms with van der Waals surface area (Å²) >= 11 is 0. The molecule has 0 radical (unpaired) electrons. The molecule has 2 amide bonds. The van der Waals surface area contributed by atoms with Crippen molar-refractivity contribution in [3.63, 3.8) is 0 Å². The van der Waals surface area contributed by atoms with Gasteiger partial charge in [0.05, 0.1) is 41.4 Å². The van der Waals surface area contributed by atoms with E-state index in [1.807, 2.05) is 22.5 Å². The molecule has 1 N–H and O–H groups in total. The minimum atomic E-state index is -0.678. The van der Waals surface area contributed by atoms with Gasteiger partial charge in [0.2, 0.25) is 5.91 Å². The lowest BCUT2D eigenvalue weighted by molar-refractivity contribution is -0.158. The highest BCUT2D eigenvalue weighted by Crippen LogP contribution is 2.52. The van der Waals surface area contributed by atoms with Crippen molar-refractivity contribution in [3.05, 3.63) is 59.9 Å². The molecule has 1 saturated carbocycles. The van der Waals surface area contributed by atoms with E-state index < -0.39 is 11.2 Å². The number of hydrogen-bond acceptors (Lipinski definition) is 8. The number of carbonyl (C=O) groups excluding carboxylic acids is 2. The predicted molar refractivity (Wildman–Crippen MR) is 202 cm³/mol. The Balaban J connectivity index is 1.09. The number of carbonyl (C=O) groups is 2. The van der Waals surface area contributed by atoms with Gasteiger partial charge in [-0.1, -0.05) is 26.0 Å². The SMILES string of the molecule is Cc1cc(Nc2nc(-c3ccc4c(c3)N([C@H]3C[C@@H](N5CCC(C)(C)C5)C3)C(=O)C43CCN(C(=O)C4CCO4)CC3)cc3ncn(C(C)C)c23)c(F)cn1. The number of aryl methyl sites for hydroxylation is 1. The zero-order chi connectivity index (χ0) is 36.8. The molecule has 0 bridgehead atoms. The number of aromatic nitrogens is 4. The zero-order valence-electron chi connectivity index (χ0n) is 31.4. The molecule has 3 aromatic heterocycles. The van der Waals surface area contributed by atoms with Gasteiger partial charge in [-0.25, -0.2) is 14.4 Å². The topological polar surface area (TPSA) is 109 Å². The number of ether oxygens (including phenoxy) is 1. The highest BCUT2D eigenvalue weighted by molar-refractivity contribution is 6.09. The molecule has 278 valence electrons. The molecule has 11 nitrogen and oxygen atoms in total. The molecule has 12 heteroatoms. The third kappa shape index (κ3) is 5.71. The summed E-state index contributed by atoms with van der Waals surface area (Å²) in [7, 11) is 0. The first kappa shape index (κ1) is 34.4. The van der Waals surface area contributed by atoms with Crippen LogP contribution in [-0.2, 0) is 19.7 Å². The number of rotatable bonds is 7. The van der Waals surface area contributed by atoms with Crippen LogP contribution < -0.4 is 10.2 Å². The van der Waals surface area contributed by atoms with Crippen molar-refractivity contribution in [2.45, 2.75) is 103 Å². The lowest BCUT2D eigenvalue weighted by Crippen LogP contribution is -2.58. The van der Waals surface area contributed by atoms with Crippen LogP contribution in [0.5, 0.6) is 0 Å². The molecular weight excluding hydrogens is 672 g/mol. The summed E-state index contributed by atoms with van der Waals surface area (Å²) in [6.07, 6.45) is 7.73. The van der Waals surface area contributed by atoms with Crippen LogP contribution >= 0.6 is 0 Å². The molecule has 4 fully saturated rings.